The van der Waals surface area contributed by atoms with E-state index >= 15 is 0 Å². The third-order valence-electron chi connectivity index (χ3n) is 4.13. The summed E-state index contributed by atoms with van der Waals surface area (Å²) in [6.45, 7) is 1.45. The van der Waals surface area contributed by atoms with Crippen molar-refractivity contribution in [1.82, 2.24) is 8.69 Å². The van der Waals surface area contributed by atoms with Gasteiger partial charge in [0.2, 0.25) is 10.0 Å². The average Bonchev–Trinajstić information content (AvgIpc) is 3.04. The standard InChI is InChI=1S/C18H17ClN2O6S2/c1-3-27-18(22)16-17(28(23,24)20-2)14-11-12(19)9-10-15(14)21(16)29(25,26)13-7-5-4-6-8-13/h4-11,20H,3H2,1-2H3. The van der Waals surface area contributed by atoms with Crippen molar-refractivity contribution >= 4 is 48.5 Å². The molecule has 3 rings (SSSR count). The first-order valence-electron chi connectivity index (χ1n) is 8.40. The Labute approximate surface area is 173 Å². The molecular weight excluding hydrogens is 440 g/mol. The molecule has 0 saturated heterocycles. The fraction of sp³-hybridized carbons (Fsp3) is 0.167. The minimum Gasteiger partial charge on any atom is -0.461 e. The van der Waals surface area contributed by atoms with Gasteiger partial charge in [0.1, 0.15) is 4.90 Å². The quantitative estimate of drug-likeness (QED) is 0.570. The molecule has 8 nitrogen and oxygen atoms in total. The summed E-state index contributed by atoms with van der Waals surface area (Å²) in [5.74, 6) is -1.09. The van der Waals surface area contributed by atoms with Gasteiger partial charge in [-0.1, -0.05) is 29.8 Å². The first-order valence-corrected chi connectivity index (χ1v) is 11.7. The number of carbonyl (C=O) groups is 1. The molecular formula is C18H17ClN2O6S2. The van der Waals surface area contributed by atoms with Gasteiger partial charge >= 0.3 is 5.97 Å². The largest absolute Gasteiger partial charge is 0.461 e. The highest BCUT2D eigenvalue weighted by atomic mass is 35.5. The number of carbonyl (C=O) groups excluding carboxylic acids is 1. The van der Waals surface area contributed by atoms with Crippen LogP contribution in [-0.4, -0.2) is 40.4 Å². The lowest BCUT2D eigenvalue weighted by atomic mass is 10.2. The van der Waals surface area contributed by atoms with Crippen LogP contribution in [0.1, 0.15) is 17.4 Å². The second kappa shape index (κ2) is 7.79. The number of benzene rings is 2. The van der Waals surface area contributed by atoms with E-state index in [2.05, 4.69) is 4.72 Å². The van der Waals surface area contributed by atoms with E-state index in [-0.39, 0.29) is 27.4 Å². The molecule has 2 aromatic carbocycles. The molecule has 1 aromatic heterocycles. The van der Waals surface area contributed by atoms with E-state index in [9.17, 15) is 21.6 Å². The summed E-state index contributed by atoms with van der Waals surface area (Å²) in [5.41, 5.74) is -0.641. The molecule has 0 fully saturated rings. The van der Waals surface area contributed by atoms with Gasteiger partial charge in [0.25, 0.3) is 10.0 Å². The second-order valence-corrected chi connectivity index (χ2v) is 9.90. The first-order chi connectivity index (χ1) is 13.6. The lowest BCUT2D eigenvalue weighted by Crippen LogP contribution is -2.25. The predicted octanol–water partition coefficient (Wildman–Crippen LogP) is 2.62. The summed E-state index contributed by atoms with van der Waals surface area (Å²) in [6.07, 6.45) is 0. The van der Waals surface area contributed by atoms with Gasteiger partial charge in [-0.25, -0.2) is 30.3 Å². The number of hydrogen-bond acceptors (Lipinski definition) is 6. The molecule has 0 spiro atoms. The van der Waals surface area contributed by atoms with Crippen molar-refractivity contribution < 1.29 is 26.4 Å². The van der Waals surface area contributed by atoms with E-state index in [1.807, 2.05) is 0 Å². The number of ether oxygens (including phenoxy) is 1. The van der Waals surface area contributed by atoms with Gasteiger partial charge in [-0.05, 0) is 44.3 Å². The lowest BCUT2D eigenvalue weighted by Gasteiger charge is -2.12. The number of halogens is 1. The Morgan fingerprint density at radius 3 is 2.34 bits per heavy atom. The van der Waals surface area contributed by atoms with Gasteiger partial charge in [-0.15, -0.1) is 0 Å². The van der Waals surface area contributed by atoms with Crippen LogP contribution in [0, 0.1) is 0 Å². The molecule has 3 aromatic rings. The Hall–Kier alpha value is -2.40. The van der Waals surface area contributed by atoms with Crippen molar-refractivity contribution in [2.24, 2.45) is 0 Å². The third-order valence-corrected chi connectivity index (χ3v) is 7.58. The number of sulfonamides is 1. The van der Waals surface area contributed by atoms with Gasteiger partial charge in [-0.2, -0.15) is 0 Å². The molecule has 29 heavy (non-hydrogen) atoms. The fourth-order valence-electron chi connectivity index (χ4n) is 2.90. The van der Waals surface area contributed by atoms with Crippen molar-refractivity contribution in [2.45, 2.75) is 16.7 Å². The van der Waals surface area contributed by atoms with Crippen LogP contribution >= 0.6 is 11.6 Å². The van der Waals surface area contributed by atoms with Crippen LogP contribution in [0.15, 0.2) is 58.3 Å². The normalized spacial score (nSPS) is 12.2. The number of rotatable bonds is 6. The zero-order valence-corrected chi connectivity index (χ0v) is 17.8. The van der Waals surface area contributed by atoms with Crippen molar-refractivity contribution in [2.75, 3.05) is 13.7 Å². The number of nitrogens with one attached hydrogen (secondary N) is 1. The van der Waals surface area contributed by atoms with E-state index < -0.39 is 36.6 Å². The molecule has 0 saturated carbocycles. The predicted molar refractivity (Wildman–Crippen MR) is 108 cm³/mol. The summed E-state index contributed by atoms with van der Waals surface area (Å²) in [5, 5.41) is 0.157. The maximum absolute atomic E-state index is 13.4. The summed E-state index contributed by atoms with van der Waals surface area (Å²) in [6, 6.07) is 11.4. The van der Waals surface area contributed by atoms with E-state index in [0.717, 1.165) is 7.05 Å². The molecule has 0 radical (unpaired) electrons. The number of fused-ring (bicyclic) bond motifs is 1. The molecule has 154 valence electrons. The Bertz CT molecular complexity index is 1300. The van der Waals surface area contributed by atoms with Crippen LogP contribution in [0.25, 0.3) is 10.9 Å². The van der Waals surface area contributed by atoms with Crippen molar-refractivity contribution in [3.05, 3.63) is 59.2 Å². The van der Waals surface area contributed by atoms with Gasteiger partial charge in [-0.3, -0.25) is 0 Å². The van der Waals surface area contributed by atoms with E-state index in [0.29, 0.717) is 3.97 Å². The molecule has 0 aliphatic carbocycles. The topological polar surface area (TPSA) is 112 Å². The van der Waals surface area contributed by atoms with Crippen molar-refractivity contribution in [3.63, 3.8) is 0 Å². The molecule has 0 bridgehead atoms. The van der Waals surface area contributed by atoms with Gasteiger partial charge in [0.05, 0.1) is 17.0 Å². The number of esters is 1. The highest BCUT2D eigenvalue weighted by molar-refractivity contribution is 7.91. The average molecular weight is 457 g/mol. The zero-order chi connectivity index (χ0) is 21.4. The van der Waals surface area contributed by atoms with Crippen LogP contribution in [0.3, 0.4) is 0 Å². The lowest BCUT2D eigenvalue weighted by molar-refractivity contribution is 0.0514. The molecule has 1 heterocycles. The highest BCUT2D eigenvalue weighted by Gasteiger charge is 2.36. The maximum Gasteiger partial charge on any atom is 0.357 e. The Balaban J connectivity index is 2.56. The maximum atomic E-state index is 13.4. The minimum absolute atomic E-state index is 0.0184. The summed E-state index contributed by atoms with van der Waals surface area (Å²) >= 11 is 6.03. The van der Waals surface area contributed by atoms with E-state index in [4.69, 9.17) is 16.3 Å². The zero-order valence-electron chi connectivity index (χ0n) is 15.4. The number of nitrogens with zero attached hydrogens (tertiary/aromatic N) is 1. The number of aromatic nitrogens is 1. The summed E-state index contributed by atoms with van der Waals surface area (Å²) in [4.78, 5) is 12.1. The highest BCUT2D eigenvalue weighted by Crippen LogP contribution is 2.35. The first kappa shape index (κ1) is 21.3. The van der Waals surface area contributed by atoms with Crippen LogP contribution in [0.4, 0.5) is 0 Å². The van der Waals surface area contributed by atoms with Gasteiger partial charge < -0.3 is 4.74 Å². The van der Waals surface area contributed by atoms with Crippen molar-refractivity contribution in [1.29, 1.82) is 0 Å². The Morgan fingerprint density at radius 1 is 1.10 bits per heavy atom. The van der Waals surface area contributed by atoms with Crippen LogP contribution in [-0.2, 0) is 24.8 Å². The number of hydrogen-bond donors (Lipinski definition) is 1. The molecule has 0 aliphatic rings. The molecule has 0 atom stereocenters. The van der Waals surface area contributed by atoms with Gasteiger partial charge in [0.15, 0.2) is 5.69 Å². The summed E-state index contributed by atoms with van der Waals surface area (Å²) in [7, 11) is -7.44. The van der Waals surface area contributed by atoms with E-state index in [1.165, 1.54) is 49.4 Å². The third kappa shape index (κ3) is 3.64. The SMILES string of the molecule is CCOC(=O)c1c(S(=O)(=O)NC)c2cc(Cl)ccc2n1S(=O)(=O)c1ccccc1. The van der Waals surface area contributed by atoms with E-state index in [1.54, 1.807) is 6.07 Å². The minimum atomic E-state index is -4.34. The summed E-state index contributed by atoms with van der Waals surface area (Å²) < 4.78 is 60.1. The molecule has 0 amide bonds. The van der Waals surface area contributed by atoms with Crippen LogP contribution < -0.4 is 4.72 Å². The van der Waals surface area contributed by atoms with Crippen molar-refractivity contribution in [3.8, 4) is 0 Å². The smallest absolute Gasteiger partial charge is 0.357 e. The van der Waals surface area contributed by atoms with Crippen LogP contribution in [0.5, 0.6) is 0 Å². The van der Waals surface area contributed by atoms with Crippen LogP contribution in [0.2, 0.25) is 5.02 Å². The Morgan fingerprint density at radius 2 is 1.76 bits per heavy atom. The second-order valence-electron chi connectivity index (χ2n) is 5.85. The fourth-order valence-corrected chi connectivity index (χ4v) is 5.76. The van der Waals surface area contributed by atoms with Gasteiger partial charge in [0, 0.05) is 10.4 Å². The Kier molecular flexibility index (Phi) is 5.72. The molecule has 11 heteroatoms. The molecule has 0 unspecified atom stereocenters. The molecule has 0 aliphatic heterocycles. The monoisotopic (exact) mass is 456 g/mol. The molecule has 1 N–H and O–H groups in total.